The van der Waals surface area contributed by atoms with E-state index in [1.807, 2.05) is 24.3 Å². The molecule has 0 aliphatic rings. The fraction of sp³-hybridized carbons (Fsp3) is 0.200. The summed E-state index contributed by atoms with van der Waals surface area (Å²) in [5.74, 6) is 0. The van der Waals surface area contributed by atoms with Gasteiger partial charge in [0.2, 0.25) is 0 Å². The minimum Gasteiger partial charge on any atom is -0.336 e. The van der Waals surface area contributed by atoms with Crippen molar-refractivity contribution in [3.05, 3.63) is 57.0 Å². The molecule has 0 heterocycles. The van der Waals surface area contributed by atoms with Gasteiger partial charge in [-0.2, -0.15) is 0 Å². The van der Waals surface area contributed by atoms with Crippen molar-refractivity contribution in [1.29, 1.82) is 0 Å². The van der Waals surface area contributed by atoms with Gasteiger partial charge in [-0.1, -0.05) is 52.6 Å². The Bertz CT molecular complexity index is 614. The maximum Gasteiger partial charge on any atom is 0.103 e. The van der Waals surface area contributed by atoms with Crippen LogP contribution >= 0.6 is 46.6 Å². The Morgan fingerprint density at radius 1 is 0.900 bits per heavy atom. The van der Waals surface area contributed by atoms with Crippen molar-refractivity contribution in [3.63, 3.8) is 0 Å². The Hall–Kier alpha value is -0.380. The Morgan fingerprint density at radius 2 is 1.55 bits per heavy atom. The second-order valence-electron chi connectivity index (χ2n) is 4.81. The van der Waals surface area contributed by atoms with Crippen LogP contribution in [0, 0.1) is 0 Å². The zero-order valence-electron chi connectivity index (χ0n) is 11.2. The van der Waals surface area contributed by atoms with Gasteiger partial charge in [-0.25, -0.2) is 0 Å². The highest BCUT2D eigenvalue weighted by Gasteiger charge is 2.11. The summed E-state index contributed by atoms with van der Waals surface area (Å²) in [7, 11) is 4.25. The summed E-state index contributed by atoms with van der Waals surface area (Å²) < 4.78 is 0. The van der Waals surface area contributed by atoms with E-state index in [1.54, 1.807) is 17.8 Å². The van der Waals surface area contributed by atoms with Gasteiger partial charge in [0.25, 0.3) is 0 Å². The molecule has 2 aromatic carbocycles. The van der Waals surface area contributed by atoms with Gasteiger partial charge in [0.05, 0.1) is 19.1 Å². The van der Waals surface area contributed by atoms with Crippen LogP contribution in [0.25, 0.3) is 0 Å². The van der Waals surface area contributed by atoms with E-state index in [0.29, 0.717) is 10.0 Å². The topological polar surface area (TPSA) is 4.44 Å². The van der Waals surface area contributed by atoms with Crippen LogP contribution in [0.4, 0.5) is 0 Å². The van der Waals surface area contributed by atoms with Gasteiger partial charge in [-0.05, 0) is 30.3 Å². The standard InChI is InChI=1S/C15H14Cl3NS/c1-19(2)9-10-3-4-12(17)8-15(10)20-14-6-5-11(16)7-13(14)18/h3-8H,9H2,1-2H3/p+1. The number of rotatable bonds is 4. The van der Waals surface area contributed by atoms with E-state index in [0.717, 1.165) is 21.4 Å². The molecule has 0 fully saturated rings. The molecule has 1 nitrogen and oxygen atoms in total. The van der Waals surface area contributed by atoms with Gasteiger partial charge in [-0.15, -0.1) is 0 Å². The Morgan fingerprint density at radius 3 is 2.20 bits per heavy atom. The van der Waals surface area contributed by atoms with E-state index in [9.17, 15) is 0 Å². The first-order valence-corrected chi connectivity index (χ1v) is 8.11. The third-order valence-corrected chi connectivity index (χ3v) is 4.76. The summed E-state index contributed by atoms with van der Waals surface area (Å²) in [6.45, 7) is 0.935. The predicted octanol–water partition coefficient (Wildman–Crippen LogP) is 4.44. The van der Waals surface area contributed by atoms with Crippen LogP contribution < -0.4 is 4.90 Å². The Kier molecular flexibility index (Phi) is 5.65. The van der Waals surface area contributed by atoms with E-state index in [4.69, 9.17) is 34.8 Å². The molecular formula is C15H15Cl3NS+. The van der Waals surface area contributed by atoms with Crippen molar-refractivity contribution in [2.75, 3.05) is 14.1 Å². The SMILES string of the molecule is C[NH+](C)Cc1ccc(Cl)cc1Sc1ccc(Cl)cc1Cl. The molecule has 2 rings (SSSR count). The lowest BCUT2D eigenvalue weighted by Gasteiger charge is -2.13. The molecule has 0 aliphatic carbocycles. The molecule has 0 saturated heterocycles. The van der Waals surface area contributed by atoms with E-state index in [-0.39, 0.29) is 0 Å². The molecule has 0 spiro atoms. The van der Waals surface area contributed by atoms with Crippen LogP contribution in [-0.4, -0.2) is 14.1 Å². The second kappa shape index (κ2) is 7.06. The number of halogens is 3. The lowest BCUT2D eigenvalue weighted by atomic mass is 10.2. The minimum absolute atomic E-state index is 0.642. The summed E-state index contributed by atoms with van der Waals surface area (Å²) in [6.07, 6.45) is 0. The lowest BCUT2D eigenvalue weighted by molar-refractivity contribution is -0.872. The molecule has 0 radical (unpaired) electrons. The smallest absolute Gasteiger partial charge is 0.103 e. The predicted molar refractivity (Wildman–Crippen MR) is 88.6 cm³/mol. The average molecular weight is 348 g/mol. The largest absolute Gasteiger partial charge is 0.336 e. The molecule has 0 amide bonds. The van der Waals surface area contributed by atoms with Crippen LogP contribution in [0.1, 0.15) is 5.56 Å². The van der Waals surface area contributed by atoms with Crippen LogP contribution in [0.2, 0.25) is 15.1 Å². The molecule has 0 aliphatic heterocycles. The van der Waals surface area contributed by atoms with Gasteiger partial charge in [0.1, 0.15) is 6.54 Å². The Balaban J connectivity index is 2.34. The third-order valence-electron chi connectivity index (χ3n) is 2.69. The number of quaternary nitrogens is 1. The monoisotopic (exact) mass is 346 g/mol. The summed E-state index contributed by atoms with van der Waals surface area (Å²) in [5, 5.41) is 2.03. The highest BCUT2D eigenvalue weighted by Crippen LogP contribution is 2.37. The van der Waals surface area contributed by atoms with Gasteiger partial charge in [0.15, 0.2) is 0 Å². The molecule has 0 unspecified atom stereocenters. The third kappa shape index (κ3) is 4.31. The zero-order valence-corrected chi connectivity index (χ0v) is 14.3. The van der Waals surface area contributed by atoms with Crippen LogP contribution in [-0.2, 0) is 6.54 Å². The highest BCUT2D eigenvalue weighted by molar-refractivity contribution is 7.99. The fourth-order valence-electron chi connectivity index (χ4n) is 1.83. The van der Waals surface area contributed by atoms with Gasteiger partial charge in [-0.3, -0.25) is 0 Å². The normalized spacial score (nSPS) is 11.1. The molecule has 0 bridgehead atoms. The molecule has 1 N–H and O–H groups in total. The molecule has 20 heavy (non-hydrogen) atoms. The van der Waals surface area contributed by atoms with Gasteiger partial charge in [0, 0.05) is 25.4 Å². The maximum atomic E-state index is 6.23. The van der Waals surface area contributed by atoms with Crippen molar-refractivity contribution in [3.8, 4) is 0 Å². The number of hydrogen-bond acceptors (Lipinski definition) is 1. The lowest BCUT2D eigenvalue weighted by Crippen LogP contribution is -3.04. The zero-order chi connectivity index (χ0) is 14.7. The fourth-order valence-corrected chi connectivity index (χ4v) is 3.57. The van der Waals surface area contributed by atoms with Crippen LogP contribution in [0.15, 0.2) is 46.2 Å². The molecule has 5 heteroatoms. The molecule has 106 valence electrons. The van der Waals surface area contributed by atoms with Crippen molar-refractivity contribution >= 4 is 46.6 Å². The molecule has 2 aromatic rings. The minimum atomic E-state index is 0.642. The van der Waals surface area contributed by atoms with Crippen molar-refractivity contribution in [2.24, 2.45) is 0 Å². The van der Waals surface area contributed by atoms with Crippen molar-refractivity contribution < 1.29 is 4.90 Å². The molecule has 0 atom stereocenters. The van der Waals surface area contributed by atoms with Gasteiger partial charge < -0.3 is 4.90 Å². The summed E-state index contributed by atoms with van der Waals surface area (Å²) in [6, 6.07) is 11.5. The first-order valence-electron chi connectivity index (χ1n) is 6.16. The van der Waals surface area contributed by atoms with Gasteiger partial charge >= 0.3 is 0 Å². The summed E-state index contributed by atoms with van der Waals surface area (Å²) in [4.78, 5) is 3.47. The maximum absolute atomic E-state index is 6.23. The Labute approximate surface area is 138 Å². The number of hydrogen-bond donors (Lipinski definition) is 1. The van der Waals surface area contributed by atoms with E-state index in [1.165, 1.54) is 10.5 Å². The van der Waals surface area contributed by atoms with Crippen LogP contribution in [0.3, 0.4) is 0 Å². The highest BCUT2D eigenvalue weighted by atomic mass is 35.5. The first-order chi connectivity index (χ1) is 9.45. The quantitative estimate of drug-likeness (QED) is 0.856. The van der Waals surface area contributed by atoms with Crippen molar-refractivity contribution in [2.45, 2.75) is 16.3 Å². The van der Waals surface area contributed by atoms with E-state index >= 15 is 0 Å². The van der Waals surface area contributed by atoms with E-state index < -0.39 is 0 Å². The number of benzene rings is 2. The number of nitrogens with one attached hydrogen (secondary N) is 1. The first kappa shape index (κ1) is 16.0. The molecule has 0 aromatic heterocycles. The van der Waals surface area contributed by atoms with Crippen LogP contribution in [0.5, 0.6) is 0 Å². The summed E-state index contributed by atoms with van der Waals surface area (Å²) in [5.41, 5.74) is 1.26. The second-order valence-corrected chi connectivity index (χ2v) is 7.18. The molecular weight excluding hydrogens is 333 g/mol. The average Bonchev–Trinajstić information content (AvgIpc) is 2.35. The molecule has 0 saturated carbocycles. The van der Waals surface area contributed by atoms with Crippen molar-refractivity contribution in [1.82, 2.24) is 0 Å². The van der Waals surface area contributed by atoms with E-state index in [2.05, 4.69) is 20.2 Å². The summed E-state index contributed by atoms with van der Waals surface area (Å²) >= 11 is 19.9.